The number of nitrogens with zero attached hydrogens (tertiary/aromatic N) is 1. The molecule has 1 aromatic rings. The molecule has 2 unspecified atom stereocenters. The molecule has 148 valence electrons. The maximum Gasteiger partial charge on any atom is 0.191 e. The Hall–Kier alpha value is -1.79. The van der Waals surface area contributed by atoms with Crippen molar-refractivity contribution in [3.63, 3.8) is 0 Å². The predicted molar refractivity (Wildman–Crippen MR) is 105 cm³/mol. The molecule has 2 atom stereocenters. The fourth-order valence-corrected chi connectivity index (χ4v) is 4.39. The summed E-state index contributed by atoms with van der Waals surface area (Å²) in [5.74, 6) is 1.85. The highest BCUT2D eigenvalue weighted by Crippen LogP contribution is 2.46. The summed E-state index contributed by atoms with van der Waals surface area (Å²) in [4.78, 5) is 4.77. The van der Waals surface area contributed by atoms with E-state index in [2.05, 4.69) is 41.8 Å². The molecule has 27 heavy (non-hydrogen) atoms. The Balaban J connectivity index is 1.50. The first-order valence-corrected chi connectivity index (χ1v) is 10.3. The maximum absolute atomic E-state index is 6.47. The van der Waals surface area contributed by atoms with Crippen molar-refractivity contribution in [2.45, 2.75) is 56.8 Å². The van der Waals surface area contributed by atoms with Crippen LogP contribution < -0.4 is 15.4 Å². The van der Waals surface area contributed by atoms with Crippen LogP contribution >= 0.6 is 0 Å². The number of hydrogen-bond donors (Lipinski definition) is 2. The van der Waals surface area contributed by atoms with E-state index in [1.54, 1.807) is 0 Å². The molecule has 0 bridgehead atoms. The highest BCUT2D eigenvalue weighted by atomic mass is 16.6. The molecule has 0 aromatic heterocycles. The van der Waals surface area contributed by atoms with E-state index in [9.17, 15) is 0 Å². The van der Waals surface area contributed by atoms with Crippen molar-refractivity contribution in [1.29, 1.82) is 0 Å². The van der Waals surface area contributed by atoms with E-state index >= 15 is 0 Å². The van der Waals surface area contributed by atoms with Crippen molar-refractivity contribution < 1.29 is 14.2 Å². The van der Waals surface area contributed by atoms with E-state index in [1.165, 1.54) is 18.4 Å². The SMILES string of the molecule is CCNC(=NCC1COCCO1)NC1CC2(CCCC2)Oc2ccccc21. The number of nitrogens with one attached hydrogen (secondary N) is 2. The van der Waals surface area contributed by atoms with Crippen molar-refractivity contribution in [3.05, 3.63) is 29.8 Å². The van der Waals surface area contributed by atoms with Gasteiger partial charge in [-0.1, -0.05) is 18.2 Å². The van der Waals surface area contributed by atoms with Crippen LogP contribution in [0.1, 0.15) is 50.6 Å². The van der Waals surface area contributed by atoms with Crippen molar-refractivity contribution in [3.8, 4) is 5.75 Å². The minimum atomic E-state index is -0.0241. The normalized spacial score (nSPS) is 27.1. The number of aliphatic imine (C=N–C) groups is 1. The summed E-state index contributed by atoms with van der Waals surface area (Å²) < 4.78 is 17.7. The fourth-order valence-electron chi connectivity index (χ4n) is 4.39. The van der Waals surface area contributed by atoms with Gasteiger partial charge >= 0.3 is 0 Å². The second-order valence-corrected chi connectivity index (χ2v) is 7.72. The Bertz CT molecular complexity index is 652. The third kappa shape index (κ3) is 4.38. The lowest BCUT2D eigenvalue weighted by molar-refractivity contribution is -0.0833. The lowest BCUT2D eigenvalue weighted by Gasteiger charge is -2.40. The van der Waals surface area contributed by atoms with Gasteiger partial charge in [-0.2, -0.15) is 0 Å². The van der Waals surface area contributed by atoms with E-state index in [4.69, 9.17) is 19.2 Å². The number of fused-ring (bicyclic) bond motifs is 1. The quantitative estimate of drug-likeness (QED) is 0.628. The topological polar surface area (TPSA) is 64.1 Å². The highest BCUT2D eigenvalue weighted by Gasteiger charge is 2.43. The number of para-hydroxylation sites is 1. The number of ether oxygens (including phenoxy) is 3. The van der Waals surface area contributed by atoms with Gasteiger partial charge in [0.1, 0.15) is 17.5 Å². The number of rotatable bonds is 4. The van der Waals surface area contributed by atoms with Gasteiger partial charge in [0.2, 0.25) is 0 Å². The van der Waals surface area contributed by atoms with E-state index in [1.807, 2.05) is 0 Å². The summed E-state index contributed by atoms with van der Waals surface area (Å²) in [6, 6.07) is 8.61. The molecule has 3 aliphatic rings. The van der Waals surface area contributed by atoms with Gasteiger partial charge in [0.15, 0.2) is 5.96 Å². The van der Waals surface area contributed by atoms with Crippen LogP contribution in [-0.2, 0) is 9.47 Å². The van der Waals surface area contributed by atoms with Crippen LogP contribution in [-0.4, -0.2) is 50.6 Å². The molecule has 1 saturated heterocycles. The van der Waals surface area contributed by atoms with Crippen molar-refractivity contribution in [2.75, 3.05) is 32.9 Å². The lowest BCUT2D eigenvalue weighted by Crippen LogP contribution is -2.47. The second-order valence-electron chi connectivity index (χ2n) is 7.72. The van der Waals surface area contributed by atoms with Crippen LogP contribution in [0.15, 0.2) is 29.3 Å². The predicted octanol–water partition coefficient (Wildman–Crippen LogP) is 2.79. The molecule has 1 spiro atoms. The molecule has 6 heteroatoms. The third-order valence-corrected chi connectivity index (χ3v) is 5.70. The zero-order chi connectivity index (χ0) is 18.5. The van der Waals surface area contributed by atoms with E-state index in [-0.39, 0.29) is 17.7 Å². The van der Waals surface area contributed by atoms with E-state index < -0.39 is 0 Å². The molecule has 0 radical (unpaired) electrons. The van der Waals surface area contributed by atoms with Crippen LogP contribution in [0.3, 0.4) is 0 Å². The van der Waals surface area contributed by atoms with Gasteiger partial charge in [0.25, 0.3) is 0 Å². The number of benzene rings is 1. The minimum absolute atomic E-state index is 0.0241. The van der Waals surface area contributed by atoms with Crippen LogP contribution in [0.5, 0.6) is 5.75 Å². The Morgan fingerprint density at radius 2 is 2.07 bits per heavy atom. The van der Waals surface area contributed by atoms with Crippen molar-refractivity contribution in [2.24, 2.45) is 4.99 Å². The minimum Gasteiger partial charge on any atom is -0.487 e. The summed E-state index contributed by atoms with van der Waals surface area (Å²) in [5.41, 5.74) is 1.20. The maximum atomic E-state index is 6.47. The smallest absolute Gasteiger partial charge is 0.191 e. The zero-order valence-electron chi connectivity index (χ0n) is 16.2. The Labute approximate surface area is 161 Å². The van der Waals surface area contributed by atoms with Crippen LogP contribution in [0, 0.1) is 0 Å². The average Bonchev–Trinajstić information content (AvgIpc) is 3.14. The summed E-state index contributed by atoms with van der Waals surface area (Å²) in [6.45, 7) is 5.47. The zero-order valence-corrected chi connectivity index (χ0v) is 16.2. The average molecular weight is 373 g/mol. The van der Waals surface area contributed by atoms with Crippen LogP contribution in [0.25, 0.3) is 0 Å². The molecular weight excluding hydrogens is 342 g/mol. The Morgan fingerprint density at radius 3 is 2.85 bits per heavy atom. The second kappa shape index (κ2) is 8.48. The van der Waals surface area contributed by atoms with E-state index in [0.717, 1.165) is 37.5 Å². The van der Waals surface area contributed by atoms with Crippen molar-refractivity contribution in [1.82, 2.24) is 10.6 Å². The number of hydrogen-bond acceptors (Lipinski definition) is 4. The summed E-state index contributed by atoms with van der Waals surface area (Å²) >= 11 is 0. The monoisotopic (exact) mass is 373 g/mol. The van der Waals surface area contributed by atoms with E-state index in [0.29, 0.717) is 26.4 Å². The Morgan fingerprint density at radius 1 is 1.22 bits per heavy atom. The third-order valence-electron chi connectivity index (χ3n) is 5.70. The van der Waals surface area contributed by atoms with Gasteiger partial charge in [0.05, 0.1) is 32.4 Å². The molecule has 1 saturated carbocycles. The molecule has 6 nitrogen and oxygen atoms in total. The fraction of sp³-hybridized carbons (Fsp3) is 0.667. The summed E-state index contributed by atoms with van der Waals surface area (Å²) in [6.07, 6.45) is 5.81. The standard InChI is InChI=1S/C21H31N3O3/c1-2-22-20(23-14-16-15-25-11-12-26-16)24-18-13-21(9-5-6-10-21)27-19-8-4-3-7-17(18)19/h3-4,7-8,16,18H,2,5-6,9-15H2,1H3,(H2,22,23,24). The van der Waals surface area contributed by atoms with Crippen LogP contribution in [0.4, 0.5) is 0 Å². The first-order valence-electron chi connectivity index (χ1n) is 10.3. The summed E-state index contributed by atoms with van der Waals surface area (Å²) in [5, 5.41) is 7.05. The largest absolute Gasteiger partial charge is 0.487 e. The molecule has 4 rings (SSSR count). The van der Waals surface area contributed by atoms with Gasteiger partial charge < -0.3 is 24.8 Å². The first-order chi connectivity index (χ1) is 13.3. The highest BCUT2D eigenvalue weighted by molar-refractivity contribution is 5.80. The summed E-state index contributed by atoms with van der Waals surface area (Å²) in [7, 11) is 0. The van der Waals surface area contributed by atoms with Gasteiger partial charge in [0, 0.05) is 18.5 Å². The van der Waals surface area contributed by atoms with Gasteiger partial charge in [-0.15, -0.1) is 0 Å². The van der Waals surface area contributed by atoms with Crippen LogP contribution in [0.2, 0.25) is 0 Å². The molecule has 1 aromatic carbocycles. The van der Waals surface area contributed by atoms with Gasteiger partial charge in [-0.05, 0) is 38.7 Å². The van der Waals surface area contributed by atoms with Gasteiger partial charge in [-0.3, -0.25) is 4.99 Å². The van der Waals surface area contributed by atoms with Crippen molar-refractivity contribution >= 4 is 5.96 Å². The molecular formula is C21H31N3O3. The number of guanidine groups is 1. The first kappa shape index (κ1) is 18.6. The molecule has 2 heterocycles. The lowest BCUT2D eigenvalue weighted by atomic mass is 9.86. The molecule has 0 amide bonds. The van der Waals surface area contributed by atoms with Gasteiger partial charge in [-0.25, -0.2) is 0 Å². The molecule has 2 aliphatic heterocycles. The molecule has 2 fully saturated rings. The molecule has 1 aliphatic carbocycles. The molecule has 2 N–H and O–H groups in total. The Kier molecular flexibility index (Phi) is 5.83.